The SMILES string of the molecule is C/C=C(/CC)[S+]1c2ccccc2Sc2ccccc21.[O-][Cl+3]([O-])([O-])[O-]. The number of hydrogen-bond donors (Lipinski definition) is 0. The molecule has 4 nitrogen and oxygen atoms in total. The number of fused-ring (bicyclic) bond motifs is 2. The molecule has 0 aromatic heterocycles. The number of benzene rings is 2. The standard InChI is InChI=1S/C17H17S2.ClHO4/c1-3-13(4-2)19-16-11-7-5-9-14(16)18-15-10-6-8-12-17(15)19;2-1(3,4)5/h3,5-12H,4H2,1-2H3;(H,2,3,4,5)/q+1;/p-1/b13-3-;. The molecule has 0 atom stereocenters. The van der Waals surface area contributed by atoms with Gasteiger partial charge in [0.15, 0.2) is 9.79 Å². The first-order valence-electron chi connectivity index (χ1n) is 7.22. The molecule has 2 aromatic rings. The molecule has 1 aliphatic rings. The van der Waals surface area contributed by atoms with Crippen LogP contribution in [0.2, 0.25) is 0 Å². The van der Waals surface area contributed by atoms with Crippen LogP contribution in [0, 0.1) is 10.2 Å². The van der Waals surface area contributed by atoms with Crippen molar-refractivity contribution >= 4 is 22.7 Å². The lowest BCUT2D eigenvalue weighted by Gasteiger charge is -2.19. The molecular formula is C17H17ClO4S2. The third kappa shape index (κ3) is 5.00. The van der Waals surface area contributed by atoms with Gasteiger partial charge in [-0.15, -0.1) is 10.2 Å². The van der Waals surface area contributed by atoms with Gasteiger partial charge in [-0.05, 0) is 37.3 Å². The molecule has 1 heterocycles. The van der Waals surface area contributed by atoms with Crippen LogP contribution in [0.15, 0.2) is 79.1 Å². The van der Waals surface area contributed by atoms with Gasteiger partial charge in [-0.1, -0.05) is 43.0 Å². The van der Waals surface area contributed by atoms with Crippen molar-refractivity contribution in [2.75, 3.05) is 0 Å². The predicted molar refractivity (Wildman–Crippen MR) is 85.0 cm³/mol. The largest absolute Gasteiger partial charge is 0.222 e. The summed E-state index contributed by atoms with van der Waals surface area (Å²) in [6.45, 7) is 4.42. The maximum atomic E-state index is 8.49. The zero-order chi connectivity index (χ0) is 17.7. The Labute approximate surface area is 150 Å². The van der Waals surface area contributed by atoms with Crippen molar-refractivity contribution in [3.63, 3.8) is 0 Å². The Hall–Kier alpha value is -0.990. The highest BCUT2D eigenvalue weighted by Crippen LogP contribution is 2.48. The minimum absolute atomic E-state index is 0.108. The molecule has 24 heavy (non-hydrogen) atoms. The van der Waals surface area contributed by atoms with Gasteiger partial charge < -0.3 is 0 Å². The fraction of sp³-hybridized carbons (Fsp3) is 0.176. The third-order valence-electron chi connectivity index (χ3n) is 3.29. The van der Waals surface area contributed by atoms with E-state index in [9.17, 15) is 0 Å². The van der Waals surface area contributed by atoms with E-state index in [4.69, 9.17) is 18.6 Å². The number of allylic oxidation sites excluding steroid dienone is 2. The number of halogens is 1. The van der Waals surface area contributed by atoms with E-state index in [1.807, 2.05) is 11.8 Å². The van der Waals surface area contributed by atoms with Gasteiger partial charge in [0.25, 0.3) is 0 Å². The van der Waals surface area contributed by atoms with Crippen LogP contribution in [0.4, 0.5) is 0 Å². The molecule has 7 heteroatoms. The quantitative estimate of drug-likeness (QED) is 0.712. The minimum atomic E-state index is -4.94. The van der Waals surface area contributed by atoms with Gasteiger partial charge in [0, 0.05) is 6.42 Å². The molecule has 0 bridgehead atoms. The Bertz CT molecular complexity index is 677. The van der Waals surface area contributed by atoms with E-state index < -0.39 is 10.2 Å². The number of hydrogen-bond acceptors (Lipinski definition) is 5. The maximum Gasteiger partial charge on any atom is 0.180 e. The Morgan fingerprint density at radius 2 is 1.38 bits per heavy atom. The van der Waals surface area contributed by atoms with Gasteiger partial charge >= 0.3 is 0 Å². The summed E-state index contributed by atoms with van der Waals surface area (Å²) in [6, 6.07) is 17.7. The van der Waals surface area contributed by atoms with Crippen LogP contribution in [0.1, 0.15) is 20.3 Å². The van der Waals surface area contributed by atoms with E-state index in [1.54, 1.807) is 4.91 Å². The molecule has 0 amide bonds. The lowest BCUT2D eigenvalue weighted by atomic mass is 10.3. The maximum absolute atomic E-state index is 8.49. The van der Waals surface area contributed by atoms with Crippen molar-refractivity contribution in [1.82, 2.24) is 0 Å². The van der Waals surface area contributed by atoms with Gasteiger partial charge in [-0.2, -0.15) is 0 Å². The predicted octanol–water partition coefficient (Wildman–Crippen LogP) is 0.745. The van der Waals surface area contributed by atoms with E-state index in [0.717, 1.165) is 6.42 Å². The Balaban J connectivity index is 0.000000368. The van der Waals surface area contributed by atoms with E-state index in [2.05, 4.69) is 68.5 Å². The van der Waals surface area contributed by atoms with Crippen LogP contribution in [0.25, 0.3) is 0 Å². The van der Waals surface area contributed by atoms with Crippen LogP contribution in [0.5, 0.6) is 0 Å². The molecule has 0 fully saturated rings. The molecule has 128 valence electrons. The molecule has 0 unspecified atom stereocenters. The summed E-state index contributed by atoms with van der Waals surface area (Å²) in [5.41, 5.74) is 0. The Kier molecular flexibility index (Phi) is 6.77. The van der Waals surface area contributed by atoms with Crippen molar-refractivity contribution < 1.29 is 28.9 Å². The highest BCUT2D eigenvalue weighted by atomic mass is 35.7. The van der Waals surface area contributed by atoms with Crippen molar-refractivity contribution in [3.8, 4) is 0 Å². The summed E-state index contributed by atoms with van der Waals surface area (Å²) in [6.07, 6.45) is 3.42. The lowest BCUT2D eigenvalue weighted by Crippen LogP contribution is -2.68. The zero-order valence-corrected chi connectivity index (χ0v) is 15.6. The lowest BCUT2D eigenvalue weighted by molar-refractivity contribution is -2.00. The molecule has 0 saturated heterocycles. The normalized spacial score (nSPS) is 14.3. The topological polar surface area (TPSA) is 92.2 Å². The first kappa shape index (κ1) is 19.3. The Morgan fingerprint density at radius 1 is 0.958 bits per heavy atom. The van der Waals surface area contributed by atoms with Crippen LogP contribution in [0.3, 0.4) is 0 Å². The summed E-state index contributed by atoms with van der Waals surface area (Å²) in [4.78, 5) is 7.34. The third-order valence-corrected chi connectivity index (χ3v) is 7.34. The van der Waals surface area contributed by atoms with Crippen LogP contribution < -0.4 is 18.6 Å². The molecule has 0 radical (unpaired) electrons. The minimum Gasteiger partial charge on any atom is -0.222 e. The summed E-state index contributed by atoms with van der Waals surface area (Å²) in [5, 5.41) is 0. The average molecular weight is 385 g/mol. The van der Waals surface area contributed by atoms with Crippen molar-refractivity contribution in [2.24, 2.45) is 0 Å². The van der Waals surface area contributed by atoms with Crippen molar-refractivity contribution in [1.29, 1.82) is 0 Å². The number of rotatable bonds is 2. The van der Waals surface area contributed by atoms with Crippen LogP contribution in [-0.2, 0) is 10.9 Å². The van der Waals surface area contributed by atoms with Crippen LogP contribution in [-0.4, -0.2) is 0 Å². The first-order valence-corrected chi connectivity index (χ1v) is 10.5. The summed E-state index contributed by atoms with van der Waals surface area (Å²) >= 11 is 1.90. The zero-order valence-electron chi connectivity index (χ0n) is 13.2. The van der Waals surface area contributed by atoms with Gasteiger partial charge in [0.05, 0.1) is 20.7 Å². The van der Waals surface area contributed by atoms with E-state index in [1.165, 1.54) is 19.6 Å². The summed E-state index contributed by atoms with van der Waals surface area (Å²) < 4.78 is 34.0. The summed E-state index contributed by atoms with van der Waals surface area (Å²) in [5.74, 6) is 0. The summed E-state index contributed by atoms with van der Waals surface area (Å²) in [7, 11) is -4.84. The van der Waals surface area contributed by atoms with Gasteiger partial charge in [0.1, 0.15) is 4.91 Å². The molecule has 0 N–H and O–H groups in total. The van der Waals surface area contributed by atoms with Crippen molar-refractivity contribution in [2.45, 2.75) is 39.9 Å². The van der Waals surface area contributed by atoms with Gasteiger partial charge in [-0.25, -0.2) is 18.6 Å². The Morgan fingerprint density at radius 3 is 1.75 bits per heavy atom. The van der Waals surface area contributed by atoms with Crippen molar-refractivity contribution in [3.05, 3.63) is 59.5 Å². The molecule has 1 aliphatic heterocycles. The highest BCUT2D eigenvalue weighted by molar-refractivity contribution is 8.05. The van der Waals surface area contributed by atoms with E-state index in [0.29, 0.717) is 0 Å². The second-order valence-corrected chi connectivity index (χ2v) is 8.64. The fourth-order valence-corrected chi connectivity index (χ4v) is 6.30. The fourth-order valence-electron chi connectivity index (χ4n) is 2.39. The monoisotopic (exact) mass is 384 g/mol. The average Bonchev–Trinajstić information content (AvgIpc) is 2.53. The molecule has 0 spiro atoms. The molecular weight excluding hydrogens is 368 g/mol. The molecule has 2 aromatic carbocycles. The molecule has 3 rings (SSSR count). The van der Waals surface area contributed by atoms with E-state index in [-0.39, 0.29) is 10.9 Å². The van der Waals surface area contributed by atoms with Gasteiger partial charge in [0.2, 0.25) is 0 Å². The van der Waals surface area contributed by atoms with E-state index >= 15 is 0 Å². The second-order valence-electron chi connectivity index (χ2n) is 4.79. The molecule has 0 saturated carbocycles. The molecule has 0 aliphatic carbocycles. The highest BCUT2D eigenvalue weighted by Gasteiger charge is 2.38. The smallest absolute Gasteiger partial charge is 0.180 e. The first-order chi connectivity index (χ1) is 11.3. The van der Waals surface area contributed by atoms with Crippen LogP contribution >= 0.6 is 11.8 Å². The second kappa shape index (κ2) is 8.40. The van der Waals surface area contributed by atoms with Gasteiger partial charge in [-0.3, -0.25) is 0 Å².